The number of hydrogen-bond acceptors (Lipinski definition) is 3. The van der Waals surface area contributed by atoms with Crippen LogP contribution < -0.4 is 5.32 Å². The van der Waals surface area contributed by atoms with Gasteiger partial charge in [0.05, 0.1) is 10.4 Å². The SMILES string of the molecule is CCCNC(COCC(F)(F)C(F)F)Cc1ccc(Br)s1. The summed E-state index contributed by atoms with van der Waals surface area (Å²) < 4.78 is 55.4. The van der Waals surface area contributed by atoms with E-state index in [0.717, 1.165) is 15.1 Å². The fraction of sp³-hybridized carbons (Fsp3) is 0.692. The van der Waals surface area contributed by atoms with Crippen molar-refractivity contribution in [1.29, 1.82) is 0 Å². The summed E-state index contributed by atoms with van der Waals surface area (Å²) >= 11 is 4.90. The third kappa shape index (κ3) is 7.08. The Morgan fingerprint density at radius 3 is 2.62 bits per heavy atom. The Bertz CT molecular complexity index is 417. The van der Waals surface area contributed by atoms with E-state index in [9.17, 15) is 17.6 Å². The van der Waals surface area contributed by atoms with Gasteiger partial charge in [0.1, 0.15) is 6.61 Å². The van der Waals surface area contributed by atoms with E-state index >= 15 is 0 Å². The lowest BCUT2D eigenvalue weighted by Gasteiger charge is -2.20. The van der Waals surface area contributed by atoms with Crippen LogP contribution in [0.4, 0.5) is 17.6 Å². The fourth-order valence-corrected chi connectivity index (χ4v) is 3.21. The average molecular weight is 392 g/mol. The Labute approximate surface area is 134 Å². The molecule has 0 radical (unpaired) electrons. The molecule has 1 N–H and O–H groups in total. The van der Waals surface area contributed by atoms with E-state index in [-0.39, 0.29) is 12.6 Å². The molecule has 0 bridgehead atoms. The summed E-state index contributed by atoms with van der Waals surface area (Å²) in [5.74, 6) is -4.10. The summed E-state index contributed by atoms with van der Waals surface area (Å²) in [7, 11) is 0. The fourth-order valence-electron chi connectivity index (χ4n) is 1.64. The van der Waals surface area contributed by atoms with Crippen LogP contribution in [0.5, 0.6) is 0 Å². The van der Waals surface area contributed by atoms with Gasteiger partial charge in [-0.1, -0.05) is 6.92 Å². The van der Waals surface area contributed by atoms with E-state index in [1.54, 1.807) is 11.3 Å². The Morgan fingerprint density at radius 1 is 1.38 bits per heavy atom. The Kier molecular flexibility index (Phi) is 8.15. The van der Waals surface area contributed by atoms with Crippen LogP contribution in [0.15, 0.2) is 15.9 Å². The maximum atomic E-state index is 12.8. The zero-order chi connectivity index (χ0) is 15.9. The van der Waals surface area contributed by atoms with Gasteiger partial charge in [0, 0.05) is 10.9 Å². The molecule has 2 nitrogen and oxygen atoms in total. The molecule has 122 valence electrons. The van der Waals surface area contributed by atoms with Gasteiger partial charge in [-0.15, -0.1) is 11.3 Å². The maximum absolute atomic E-state index is 12.8. The van der Waals surface area contributed by atoms with Gasteiger partial charge >= 0.3 is 12.3 Å². The molecule has 0 aliphatic rings. The van der Waals surface area contributed by atoms with E-state index in [0.29, 0.717) is 13.0 Å². The summed E-state index contributed by atoms with van der Waals surface area (Å²) in [6.07, 6.45) is -2.21. The van der Waals surface area contributed by atoms with Crippen molar-refractivity contribution in [1.82, 2.24) is 5.32 Å². The van der Waals surface area contributed by atoms with E-state index in [2.05, 4.69) is 21.2 Å². The van der Waals surface area contributed by atoms with Gasteiger partial charge in [-0.25, -0.2) is 8.78 Å². The molecule has 0 aromatic carbocycles. The molecule has 0 aliphatic carbocycles. The van der Waals surface area contributed by atoms with Crippen LogP contribution in [0.3, 0.4) is 0 Å². The van der Waals surface area contributed by atoms with E-state index in [4.69, 9.17) is 4.74 Å². The largest absolute Gasteiger partial charge is 0.373 e. The van der Waals surface area contributed by atoms with Gasteiger partial charge in [-0.05, 0) is 47.4 Å². The van der Waals surface area contributed by atoms with Gasteiger partial charge < -0.3 is 10.1 Å². The predicted molar refractivity (Wildman–Crippen MR) is 79.6 cm³/mol. The monoisotopic (exact) mass is 391 g/mol. The van der Waals surface area contributed by atoms with Gasteiger partial charge in [-0.3, -0.25) is 0 Å². The highest BCUT2D eigenvalue weighted by atomic mass is 79.9. The molecule has 1 unspecified atom stereocenters. The second kappa shape index (κ2) is 9.07. The molecule has 1 heterocycles. The van der Waals surface area contributed by atoms with E-state index in [1.807, 2.05) is 19.1 Å². The molecular weight excluding hydrogens is 374 g/mol. The quantitative estimate of drug-likeness (QED) is 0.599. The van der Waals surface area contributed by atoms with Gasteiger partial charge in [-0.2, -0.15) is 8.78 Å². The molecule has 0 saturated carbocycles. The van der Waals surface area contributed by atoms with Crippen molar-refractivity contribution in [3.63, 3.8) is 0 Å². The summed E-state index contributed by atoms with van der Waals surface area (Å²) in [6.45, 7) is 1.41. The van der Waals surface area contributed by atoms with Crippen LogP contribution in [0.2, 0.25) is 0 Å². The molecule has 8 heteroatoms. The highest BCUT2D eigenvalue weighted by Gasteiger charge is 2.41. The molecule has 21 heavy (non-hydrogen) atoms. The van der Waals surface area contributed by atoms with Crippen LogP contribution in [0.25, 0.3) is 0 Å². The van der Waals surface area contributed by atoms with Crippen LogP contribution in [-0.4, -0.2) is 38.1 Å². The highest BCUT2D eigenvalue weighted by Crippen LogP contribution is 2.24. The lowest BCUT2D eigenvalue weighted by atomic mass is 10.2. The second-order valence-electron chi connectivity index (χ2n) is 4.64. The Morgan fingerprint density at radius 2 is 2.10 bits per heavy atom. The van der Waals surface area contributed by atoms with Gasteiger partial charge in [0.15, 0.2) is 0 Å². The van der Waals surface area contributed by atoms with Crippen molar-refractivity contribution in [3.05, 3.63) is 20.8 Å². The molecular formula is C13H18BrF4NOS. The average Bonchev–Trinajstić information content (AvgIpc) is 2.80. The number of ether oxygens (including phenoxy) is 1. The topological polar surface area (TPSA) is 21.3 Å². The minimum absolute atomic E-state index is 0.0299. The molecule has 1 atom stereocenters. The minimum Gasteiger partial charge on any atom is -0.373 e. The zero-order valence-corrected chi connectivity index (χ0v) is 14.0. The second-order valence-corrected chi connectivity index (χ2v) is 7.19. The van der Waals surface area contributed by atoms with Gasteiger partial charge in [0.2, 0.25) is 0 Å². The lowest BCUT2D eigenvalue weighted by Crippen LogP contribution is -2.39. The standard InChI is InChI=1S/C13H18BrF4NOS/c1-2-5-19-9(6-10-3-4-11(14)21-10)7-20-8-13(17,18)12(15)16/h3-4,9,12,19H,2,5-8H2,1H3. The first-order valence-corrected chi connectivity index (χ1v) is 8.17. The Hall–Kier alpha value is -0.180. The van der Waals surface area contributed by atoms with Crippen LogP contribution >= 0.6 is 27.3 Å². The van der Waals surface area contributed by atoms with Crippen molar-refractivity contribution < 1.29 is 22.3 Å². The smallest absolute Gasteiger partial charge is 0.330 e. The van der Waals surface area contributed by atoms with E-state index < -0.39 is 19.0 Å². The summed E-state index contributed by atoms with van der Waals surface area (Å²) in [6, 6.07) is 3.66. The number of nitrogens with one attached hydrogen (secondary N) is 1. The maximum Gasteiger partial charge on any atom is 0.330 e. The summed E-state index contributed by atoms with van der Waals surface area (Å²) in [5, 5.41) is 3.18. The molecule has 0 aliphatic heterocycles. The van der Waals surface area contributed by atoms with Gasteiger partial charge in [0.25, 0.3) is 0 Å². The zero-order valence-electron chi connectivity index (χ0n) is 11.6. The van der Waals surface area contributed by atoms with Crippen molar-refractivity contribution in [2.75, 3.05) is 19.8 Å². The predicted octanol–water partition coefficient (Wildman–Crippen LogP) is 4.34. The van der Waals surface area contributed by atoms with E-state index in [1.165, 1.54) is 0 Å². The molecule has 0 fully saturated rings. The Balaban J connectivity index is 2.46. The third-order valence-electron chi connectivity index (χ3n) is 2.69. The number of thiophene rings is 1. The number of hydrogen-bond donors (Lipinski definition) is 1. The number of rotatable bonds is 10. The lowest BCUT2D eigenvalue weighted by molar-refractivity contribution is -0.167. The molecule has 0 saturated heterocycles. The molecule has 0 spiro atoms. The number of alkyl halides is 4. The van der Waals surface area contributed by atoms with Crippen molar-refractivity contribution >= 4 is 27.3 Å². The normalized spacial score (nSPS) is 13.9. The third-order valence-corrected chi connectivity index (χ3v) is 4.34. The first-order chi connectivity index (χ1) is 9.85. The molecule has 1 rings (SSSR count). The molecule has 0 amide bonds. The van der Waals surface area contributed by atoms with Crippen molar-refractivity contribution in [3.8, 4) is 0 Å². The first kappa shape index (κ1) is 18.9. The summed E-state index contributed by atoms with van der Waals surface area (Å²) in [5.41, 5.74) is 0. The highest BCUT2D eigenvalue weighted by molar-refractivity contribution is 9.11. The molecule has 1 aromatic rings. The number of halogens is 5. The van der Waals surface area contributed by atoms with Crippen LogP contribution in [-0.2, 0) is 11.2 Å². The van der Waals surface area contributed by atoms with Crippen LogP contribution in [0.1, 0.15) is 18.2 Å². The van der Waals surface area contributed by atoms with Crippen molar-refractivity contribution in [2.24, 2.45) is 0 Å². The van der Waals surface area contributed by atoms with Crippen molar-refractivity contribution in [2.45, 2.75) is 38.2 Å². The van der Waals surface area contributed by atoms with Crippen LogP contribution in [0, 0.1) is 0 Å². The first-order valence-electron chi connectivity index (χ1n) is 6.56. The molecule has 1 aromatic heterocycles. The minimum atomic E-state index is -4.10. The summed E-state index contributed by atoms with van der Waals surface area (Å²) in [4.78, 5) is 1.07.